The summed E-state index contributed by atoms with van der Waals surface area (Å²) in [5.74, 6) is -0.0385. The lowest BCUT2D eigenvalue weighted by Gasteiger charge is -2.12. The minimum atomic E-state index is -0.0385. The average Bonchev–Trinajstić information content (AvgIpc) is 2.55. The van der Waals surface area contributed by atoms with Gasteiger partial charge in [0.15, 0.2) is 0 Å². The summed E-state index contributed by atoms with van der Waals surface area (Å²) in [6, 6.07) is 3.99. The van der Waals surface area contributed by atoms with Crippen molar-refractivity contribution in [3.05, 3.63) is 35.0 Å². The van der Waals surface area contributed by atoms with E-state index in [1.165, 1.54) is 11.0 Å². The molecule has 1 heterocycles. The number of thiophene rings is 1. The topological polar surface area (TPSA) is 20.3 Å². The van der Waals surface area contributed by atoms with Crippen molar-refractivity contribution in [2.24, 2.45) is 0 Å². The maximum Gasteiger partial charge on any atom is 0.246 e. The molecule has 3 heteroatoms. The summed E-state index contributed by atoms with van der Waals surface area (Å²) in [5.41, 5.74) is 0. The Labute approximate surface area is 76.1 Å². The Bertz CT molecular complexity index is 266. The van der Waals surface area contributed by atoms with Gasteiger partial charge in [0, 0.05) is 11.9 Å². The summed E-state index contributed by atoms with van der Waals surface area (Å²) < 4.78 is 0. The van der Waals surface area contributed by atoms with E-state index in [0.717, 1.165) is 0 Å². The molecule has 64 valence electrons. The number of likely N-dealkylation sites (N-methyl/N-ethyl adjacent to an activating group) is 1. The largest absolute Gasteiger partial charge is 0.337 e. The third-order valence-electron chi connectivity index (χ3n) is 1.52. The molecule has 0 atom stereocenters. The zero-order valence-electron chi connectivity index (χ0n) is 6.99. The Morgan fingerprint density at radius 1 is 1.83 bits per heavy atom. The van der Waals surface area contributed by atoms with Crippen molar-refractivity contribution in [3.63, 3.8) is 0 Å². The highest BCUT2D eigenvalue weighted by Crippen LogP contribution is 2.10. The Morgan fingerprint density at radius 2 is 2.58 bits per heavy atom. The van der Waals surface area contributed by atoms with Gasteiger partial charge in [-0.15, -0.1) is 11.3 Å². The molecular formula is C9H11NOS. The van der Waals surface area contributed by atoms with E-state index in [1.807, 2.05) is 17.5 Å². The van der Waals surface area contributed by atoms with Crippen LogP contribution in [0.4, 0.5) is 0 Å². The Morgan fingerprint density at radius 3 is 3.08 bits per heavy atom. The van der Waals surface area contributed by atoms with Crippen LogP contribution in [0.2, 0.25) is 0 Å². The lowest BCUT2D eigenvalue weighted by atomic mass is 10.4. The van der Waals surface area contributed by atoms with Gasteiger partial charge < -0.3 is 4.90 Å². The maximum atomic E-state index is 11.1. The first kappa shape index (κ1) is 9.00. The fraction of sp³-hybridized carbons (Fsp3) is 0.222. The molecule has 1 rings (SSSR count). The van der Waals surface area contributed by atoms with Crippen LogP contribution in [0.3, 0.4) is 0 Å². The Hall–Kier alpha value is -1.09. The van der Waals surface area contributed by atoms with Gasteiger partial charge in [-0.2, -0.15) is 0 Å². The van der Waals surface area contributed by atoms with Gasteiger partial charge in [0.1, 0.15) is 0 Å². The molecule has 1 aromatic rings. The number of nitrogens with zero attached hydrogens (tertiary/aromatic N) is 1. The SMILES string of the molecule is C=CC(=O)N(C)Cc1cccs1. The van der Waals surface area contributed by atoms with E-state index in [0.29, 0.717) is 6.54 Å². The van der Waals surface area contributed by atoms with Crippen LogP contribution in [0, 0.1) is 0 Å². The second kappa shape index (κ2) is 4.07. The molecule has 0 aromatic carbocycles. The quantitative estimate of drug-likeness (QED) is 0.652. The third-order valence-corrected chi connectivity index (χ3v) is 2.39. The molecular weight excluding hydrogens is 170 g/mol. The van der Waals surface area contributed by atoms with E-state index in [-0.39, 0.29) is 5.91 Å². The summed E-state index contributed by atoms with van der Waals surface area (Å²) in [4.78, 5) is 13.9. The standard InChI is InChI=1S/C9H11NOS/c1-3-9(11)10(2)7-8-5-4-6-12-8/h3-6H,1,7H2,2H3. The van der Waals surface area contributed by atoms with Gasteiger partial charge in [-0.1, -0.05) is 12.6 Å². The predicted octanol–water partition coefficient (Wildman–Crippen LogP) is 1.89. The second-order valence-corrected chi connectivity index (χ2v) is 3.51. The smallest absolute Gasteiger partial charge is 0.246 e. The molecule has 12 heavy (non-hydrogen) atoms. The number of rotatable bonds is 3. The lowest BCUT2D eigenvalue weighted by Crippen LogP contribution is -2.23. The molecule has 0 aliphatic rings. The van der Waals surface area contributed by atoms with Crippen LogP contribution in [0.1, 0.15) is 4.88 Å². The van der Waals surface area contributed by atoms with E-state index in [2.05, 4.69) is 6.58 Å². The van der Waals surface area contributed by atoms with Gasteiger partial charge in [-0.3, -0.25) is 4.79 Å². The van der Waals surface area contributed by atoms with Crippen molar-refractivity contribution in [1.82, 2.24) is 4.90 Å². The van der Waals surface area contributed by atoms with E-state index < -0.39 is 0 Å². The predicted molar refractivity (Wildman–Crippen MR) is 51.0 cm³/mol. The molecule has 2 nitrogen and oxygen atoms in total. The second-order valence-electron chi connectivity index (χ2n) is 2.48. The minimum Gasteiger partial charge on any atom is -0.337 e. The summed E-state index contributed by atoms with van der Waals surface area (Å²) in [6.07, 6.45) is 1.33. The molecule has 0 fully saturated rings. The molecule has 0 aliphatic heterocycles. The number of carbonyl (C=O) groups is 1. The van der Waals surface area contributed by atoms with Gasteiger partial charge >= 0.3 is 0 Å². The van der Waals surface area contributed by atoms with Crippen LogP contribution >= 0.6 is 11.3 Å². The molecule has 0 saturated heterocycles. The van der Waals surface area contributed by atoms with Crippen molar-refractivity contribution in [2.45, 2.75) is 6.54 Å². The minimum absolute atomic E-state index is 0.0385. The van der Waals surface area contributed by atoms with Crippen LogP contribution in [0.15, 0.2) is 30.2 Å². The number of hydrogen-bond acceptors (Lipinski definition) is 2. The molecule has 0 radical (unpaired) electrons. The fourth-order valence-corrected chi connectivity index (χ4v) is 1.63. The van der Waals surface area contributed by atoms with Crippen molar-refractivity contribution in [3.8, 4) is 0 Å². The van der Waals surface area contributed by atoms with Crippen molar-refractivity contribution in [1.29, 1.82) is 0 Å². The molecule has 0 aliphatic carbocycles. The van der Waals surface area contributed by atoms with Gasteiger partial charge in [0.05, 0.1) is 6.54 Å². The van der Waals surface area contributed by atoms with E-state index in [1.54, 1.807) is 23.3 Å². The molecule has 0 N–H and O–H groups in total. The Kier molecular flexibility index (Phi) is 3.05. The van der Waals surface area contributed by atoms with Gasteiger partial charge in [0.25, 0.3) is 0 Å². The van der Waals surface area contributed by atoms with E-state index in [9.17, 15) is 4.79 Å². The van der Waals surface area contributed by atoms with E-state index in [4.69, 9.17) is 0 Å². The summed E-state index contributed by atoms with van der Waals surface area (Å²) in [6.45, 7) is 4.09. The molecule has 0 spiro atoms. The van der Waals surface area contributed by atoms with Gasteiger partial charge in [0.2, 0.25) is 5.91 Å². The normalized spacial score (nSPS) is 9.42. The molecule has 1 aromatic heterocycles. The zero-order chi connectivity index (χ0) is 8.97. The number of hydrogen-bond donors (Lipinski definition) is 0. The van der Waals surface area contributed by atoms with Crippen molar-refractivity contribution >= 4 is 17.2 Å². The van der Waals surface area contributed by atoms with Crippen molar-refractivity contribution in [2.75, 3.05) is 7.05 Å². The first-order valence-electron chi connectivity index (χ1n) is 3.64. The van der Waals surface area contributed by atoms with Crippen LogP contribution in [-0.4, -0.2) is 17.9 Å². The number of carbonyl (C=O) groups excluding carboxylic acids is 1. The highest BCUT2D eigenvalue weighted by molar-refractivity contribution is 7.09. The first-order valence-corrected chi connectivity index (χ1v) is 4.52. The Balaban J connectivity index is 2.52. The summed E-state index contributed by atoms with van der Waals surface area (Å²) >= 11 is 1.65. The molecule has 0 unspecified atom stereocenters. The fourth-order valence-electron chi connectivity index (χ4n) is 0.870. The molecule has 0 saturated carbocycles. The zero-order valence-corrected chi connectivity index (χ0v) is 7.80. The third kappa shape index (κ3) is 2.20. The highest BCUT2D eigenvalue weighted by Gasteiger charge is 2.04. The summed E-state index contributed by atoms with van der Waals surface area (Å²) in [7, 11) is 1.77. The van der Waals surface area contributed by atoms with Gasteiger partial charge in [-0.25, -0.2) is 0 Å². The maximum absolute atomic E-state index is 11.1. The monoisotopic (exact) mass is 181 g/mol. The van der Waals surface area contributed by atoms with Crippen LogP contribution < -0.4 is 0 Å². The first-order chi connectivity index (χ1) is 5.74. The molecule has 1 amide bonds. The molecule has 0 bridgehead atoms. The van der Waals surface area contributed by atoms with Crippen molar-refractivity contribution < 1.29 is 4.79 Å². The van der Waals surface area contributed by atoms with Crippen LogP contribution in [0.5, 0.6) is 0 Å². The highest BCUT2D eigenvalue weighted by atomic mass is 32.1. The van der Waals surface area contributed by atoms with E-state index >= 15 is 0 Å². The van der Waals surface area contributed by atoms with Crippen LogP contribution in [-0.2, 0) is 11.3 Å². The average molecular weight is 181 g/mol. The van der Waals surface area contributed by atoms with Gasteiger partial charge in [-0.05, 0) is 17.5 Å². The van der Waals surface area contributed by atoms with Crippen LogP contribution in [0.25, 0.3) is 0 Å². The summed E-state index contributed by atoms with van der Waals surface area (Å²) in [5, 5.41) is 2.00. The number of amides is 1. The lowest BCUT2D eigenvalue weighted by molar-refractivity contribution is -0.125.